The highest BCUT2D eigenvalue weighted by atomic mass is 32.2. The van der Waals surface area contributed by atoms with E-state index in [0.29, 0.717) is 18.3 Å². The van der Waals surface area contributed by atoms with Gasteiger partial charge in [0.2, 0.25) is 10.0 Å². The third kappa shape index (κ3) is 3.68. The number of aromatic nitrogens is 1. The van der Waals surface area contributed by atoms with Gasteiger partial charge in [-0.25, -0.2) is 18.1 Å². The first-order valence-corrected chi connectivity index (χ1v) is 7.79. The van der Waals surface area contributed by atoms with Gasteiger partial charge in [0.25, 0.3) is 0 Å². The molecule has 0 radical (unpaired) electrons. The lowest BCUT2D eigenvalue weighted by Crippen LogP contribution is -2.26. The van der Waals surface area contributed by atoms with Crippen molar-refractivity contribution in [2.24, 2.45) is 5.92 Å². The molecule has 0 amide bonds. The molecular formula is C12H19N3O2S. The fraction of sp³-hybridized carbons (Fsp3) is 0.583. The van der Waals surface area contributed by atoms with Crippen LogP contribution in [0.5, 0.6) is 0 Å². The summed E-state index contributed by atoms with van der Waals surface area (Å²) in [6.45, 7) is 3.37. The van der Waals surface area contributed by atoms with Crippen molar-refractivity contribution in [3.63, 3.8) is 0 Å². The zero-order valence-electron chi connectivity index (χ0n) is 10.5. The van der Waals surface area contributed by atoms with Gasteiger partial charge in [0.05, 0.1) is 4.90 Å². The molecular weight excluding hydrogens is 250 g/mol. The quantitative estimate of drug-likeness (QED) is 0.788. The molecule has 0 aliphatic heterocycles. The van der Waals surface area contributed by atoms with Gasteiger partial charge in [0.1, 0.15) is 5.82 Å². The second-order valence-corrected chi connectivity index (χ2v) is 6.37. The third-order valence-corrected chi connectivity index (χ3v) is 4.28. The molecule has 2 N–H and O–H groups in total. The minimum absolute atomic E-state index is 0.275. The lowest BCUT2D eigenvalue weighted by Gasteiger charge is -2.08. The molecule has 1 aromatic heterocycles. The molecule has 18 heavy (non-hydrogen) atoms. The molecule has 0 saturated heterocycles. The second-order valence-electron chi connectivity index (χ2n) is 4.60. The van der Waals surface area contributed by atoms with Crippen LogP contribution in [-0.2, 0) is 10.0 Å². The molecule has 0 spiro atoms. The Morgan fingerprint density at radius 2 is 2.22 bits per heavy atom. The maximum Gasteiger partial charge on any atom is 0.240 e. The van der Waals surface area contributed by atoms with Crippen molar-refractivity contribution in [1.29, 1.82) is 0 Å². The number of sulfonamides is 1. The fourth-order valence-corrected chi connectivity index (χ4v) is 2.69. The summed E-state index contributed by atoms with van der Waals surface area (Å²) in [6.07, 6.45) is 4.74. The van der Waals surface area contributed by atoms with Crippen molar-refractivity contribution >= 4 is 15.8 Å². The summed E-state index contributed by atoms with van der Waals surface area (Å²) >= 11 is 0. The van der Waals surface area contributed by atoms with Gasteiger partial charge >= 0.3 is 0 Å². The van der Waals surface area contributed by atoms with Crippen LogP contribution in [0.1, 0.15) is 26.2 Å². The van der Waals surface area contributed by atoms with Gasteiger partial charge in [0.15, 0.2) is 0 Å². The van der Waals surface area contributed by atoms with E-state index in [1.54, 1.807) is 6.07 Å². The Morgan fingerprint density at radius 1 is 1.44 bits per heavy atom. The lowest BCUT2D eigenvalue weighted by molar-refractivity contribution is 0.577. The Morgan fingerprint density at radius 3 is 2.89 bits per heavy atom. The molecule has 1 saturated carbocycles. The number of nitrogens with zero attached hydrogens (tertiary/aromatic N) is 1. The second kappa shape index (κ2) is 5.67. The SMILES string of the molecule is CCCNc1cc(S(=O)(=O)NCC2CC2)ccn1. The Bertz CT molecular complexity index is 498. The summed E-state index contributed by atoms with van der Waals surface area (Å²) < 4.78 is 26.7. The Hall–Kier alpha value is -1.14. The summed E-state index contributed by atoms with van der Waals surface area (Å²) in [5.74, 6) is 1.13. The number of anilines is 1. The maximum absolute atomic E-state index is 12.0. The monoisotopic (exact) mass is 269 g/mol. The van der Waals surface area contributed by atoms with Crippen LogP contribution in [0.2, 0.25) is 0 Å². The molecule has 1 aliphatic rings. The molecule has 0 bridgehead atoms. The van der Waals surface area contributed by atoms with Crippen molar-refractivity contribution in [1.82, 2.24) is 9.71 Å². The van der Waals surface area contributed by atoms with Crippen molar-refractivity contribution in [3.8, 4) is 0 Å². The minimum atomic E-state index is -3.39. The van der Waals surface area contributed by atoms with Gasteiger partial charge < -0.3 is 5.32 Å². The van der Waals surface area contributed by atoms with Crippen molar-refractivity contribution < 1.29 is 8.42 Å². The molecule has 0 unspecified atom stereocenters. The van der Waals surface area contributed by atoms with E-state index < -0.39 is 10.0 Å². The highest BCUT2D eigenvalue weighted by Gasteiger charge is 2.24. The van der Waals surface area contributed by atoms with Gasteiger partial charge in [-0.05, 0) is 31.2 Å². The normalized spacial score (nSPS) is 15.6. The van der Waals surface area contributed by atoms with E-state index in [0.717, 1.165) is 25.8 Å². The number of nitrogens with one attached hydrogen (secondary N) is 2. The van der Waals surface area contributed by atoms with Crippen LogP contribution in [0.3, 0.4) is 0 Å². The van der Waals surface area contributed by atoms with Crippen molar-refractivity contribution in [3.05, 3.63) is 18.3 Å². The minimum Gasteiger partial charge on any atom is -0.370 e. The Labute approximate surface area is 108 Å². The third-order valence-electron chi connectivity index (χ3n) is 2.86. The molecule has 1 heterocycles. The molecule has 1 aromatic rings. The van der Waals surface area contributed by atoms with Gasteiger partial charge in [-0.2, -0.15) is 0 Å². The van der Waals surface area contributed by atoms with Crippen LogP contribution >= 0.6 is 0 Å². The molecule has 1 aliphatic carbocycles. The number of pyridine rings is 1. The Balaban J connectivity index is 2.05. The number of hydrogen-bond donors (Lipinski definition) is 2. The zero-order valence-corrected chi connectivity index (χ0v) is 11.3. The van der Waals surface area contributed by atoms with E-state index in [4.69, 9.17) is 0 Å². The molecule has 100 valence electrons. The molecule has 0 atom stereocenters. The van der Waals surface area contributed by atoms with E-state index in [9.17, 15) is 8.42 Å². The van der Waals surface area contributed by atoms with E-state index in [2.05, 4.69) is 15.0 Å². The van der Waals surface area contributed by atoms with Crippen LogP contribution in [0.4, 0.5) is 5.82 Å². The molecule has 6 heteroatoms. The van der Waals surface area contributed by atoms with Gasteiger partial charge in [-0.3, -0.25) is 0 Å². The predicted molar refractivity (Wildman–Crippen MR) is 70.9 cm³/mol. The maximum atomic E-state index is 12.0. The largest absolute Gasteiger partial charge is 0.370 e. The van der Waals surface area contributed by atoms with Crippen LogP contribution in [0.25, 0.3) is 0 Å². The van der Waals surface area contributed by atoms with Crippen LogP contribution in [0.15, 0.2) is 23.2 Å². The summed E-state index contributed by atoms with van der Waals surface area (Å²) in [4.78, 5) is 4.37. The first-order valence-electron chi connectivity index (χ1n) is 6.31. The van der Waals surface area contributed by atoms with E-state index in [1.807, 2.05) is 6.92 Å². The van der Waals surface area contributed by atoms with E-state index in [1.165, 1.54) is 12.3 Å². The summed E-state index contributed by atoms with van der Waals surface area (Å²) in [5.41, 5.74) is 0. The van der Waals surface area contributed by atoms with Gasteiger partial charge in [-0.15, -0.1) is 0 Å². The average Bonchev–Trinajstić information content (AvgIpc) is 3.18. The van der Waals surface area contributed by atoms with Crippen LogP contribution in [0, 0.1) is 5.92 Å². The Kier molecular flexibility index (Phi) is 4.19. The lowest BCUT2D eigenvalue weighted by atomic mass is 10.4. The smallest absolute Gasteiger partial charge is 0.240 e. The van der Waals surface area contributed by atoms with E-state index in [-0.39, 0.29) is 4.90 Å². The van der Waals surface area contributed by atoms with E-state index >= 15 is 0 Å². The first kappa shape index (κ1) is 13.3. The summed E-state index contributed by atoms with van der Waals surface area (Å²) in [7, 11) is -3.39. The molecule has 0 aromatic carbocycles. The van der Waals surface area contributed by atoms with Crippen molar-refractivity contribution in [2.45, 2.75) is 31.1 Å². The topological polar surface area (TPSA) is 71.1 Å². The fourth-order valence-electron chi connectivity index (χ4n) is 1.56. The first-order chi connectivity index (χ1) is 8.62. The zero-order chi connectivity index (χ0) is 13.0. The van der Waals surface area contributed by atoms with Crippen LogP contribution in [-0.4, -0.2) is 26.5 Å². The summed E-state index contributed by atoms with van der Waals surface area (Å²) in [5, 5.41) is 3.08. The highest BCUT2D eigenvalue weighted by molar-refractivity contribution is 7.89. The van der Waals surface area contributed by atoms with Crippen LogP contribution < -0.4 is 10.0 Å². The molecule has 5 nitrogen and oxygen atoms in total. The molecule has 1 fully saturated rings. The van der Waals surface area contributed by atoms with Crippen molar-refractivity contribution in [2.75, 3.05) is 18.4 Å². The number of hydrogen-bond acceptors (Lipinski definition) is 4. The van der Waals surface area contributed by atoms with Gasteiger partial charge in [0, 0.05) is 25.4 Å². The highest BCUT2D eigenvalue weighted by Crippen LogP contribution is 2.28. The predicted octanol–water partition coefficient (Wildman–Crippen LogP) is 1.59. The number of rotatable bonds is 7. The summed E-state index contributed by atoms with van der Waals surface area (Å²) in [6, 6.07) is 3.09. The van der Waals surface area contributed by atoms with Gasteiger partial charge in [-0.1, -0.05) is 6.92 Å². The average molecular weight is 269 g/mol. The standard InChI is InChI=1S/C12H19N3O2S/c1-2-6-13-12-8-11(5-7-14-12)18(16,17)15-9-10-3-4-10/h5,7-8,10,15H,2-4,6,9H2,1H3,(H,13,14). The molecule has 2 rings (SSSR count).